The minimum Gasteiger partial charge on any atom is -0.306 e. The van der Waals surface area contributed by atoms with Crippen molar-refractivity contribution in [3.63, 3.8) is 0 Å². The summed E-state index contributed by atoms with van der Waals surface area (Å²) in [5, 5.41) is 2.24. The molecular weight excluding hydrogens is 403 g/mol. The lowest BCUT2D eigenvalue weighted by molar-refractivity contribution is -0.133. The van der Waals surface area contributed by atoms with Crippen molar-refractivity contribution in [3.8, 4) is 0 Å². The maximum atomic E-state index is 14.3. The summed E-state index contributed by atoms with van der Waals surface area (Å²) in [6, 6.07) is 9.88. The number of benzene rings is 2. The molecule has 2 aromatic carbocycles. The number of imide groups is 1. The fraction of sp³-hybridized carbons (Fsp3) is 0.211. The van der Waals surface area contributed by atoms with Crippen molar-refractivity contribution in [1.82, 2.24) is 5.32 Å². The van der Waals surface area contributed by atoms with Crippen molar-refractivity contribution >= 4 is 39.3 Å². The Morgan fingerprint density at radius 1 is 1.23 bits per heavy atom. The number of para-hydroxylation sites is 1. The molecular formula is C19H14BrFN2O3. The van der Waals surface area contributed by atoms with Crippen molar-refractivity contribution in [2.75, 3.05) is 4.90 Å². The highest BCUT2D eigenvalue weighted by Gasteiger charge is 2.61. The van der Waals surface area contributed by atoms with Gasteiger partial charge >= 0.3 is 0 Å². The van der Waals surface area contributed by atoms with Gasteiger partial charge in [-0.05, 0) is 24.6 Å². The van der Waals surface area contributed by atoms with E-state index in [2.05, 4.69) is 21.2 Å². The quantitative estimate of drug-likeness (QED) is 0.604. The Labute approximate surface area is 157 Å². The van der Waals surface area contributed by atoms with E-state index in [9.17, 15) is 18.8 Å². The number of amides is 3. The van der Waals surface area contributed by atoms with E-state index in [1.807, 2.05) is 13.0 Å². The number of hydrogen-bond acceptors (Lipinski definition) is 3. The van der Waals surface area contributed by atoms with E-state index >= 15 is 0 Å². The van der Waals surface area contributed by atoms with Crippen LogP contribution in [0.3, 0.4) is 0 Å². The average Bonchev–Trinajstić information content (AvgIpc) is 3.00. The van der Waals surface area contributed by atoms with Gasteiger partial charge in [0.25, 0.3) is 0 Å². The zero-order valence-electron chi connectivity index (χ0n) is 13.8. The normalized spacial score (nSPS) is 21.5. The Morgan fingerprint density at radius 2 is 2.00 bits per heavy atom. The summed E-state index contributed by atoms with van der Waals surface area (Å²) in [4.78, 5) is 39.1. The maximum absolute atomic E-state index is 14.3. The van der Waals surface area contributed by atoms with E-state index in [4.69, 9.17) is 0 Å². The van der Waals surface area contributed by atoms with Crippen molar-refractivity contribution < 1.29 is 18.8 Å². The molecule has 5 nitrogen and oxygen atoms in total. The van der Waals surface area contributed by atoms with E-state index in [1.54, 1.807) is 24.3 Å². The largest absolute Gasteiger partial charge is 0.306 e. The molecule has 0 bridgehead atoms. The van der Waals surface area contributed by atoms with Crippen LogP contribution in [0.5, 0.6) is 0 Å². The van der Waals surface area contributed by atoms with Crippen molar-refractivity contribution in [2.24, 2.45) is 0 Å². The summed E-state index contributed by atoms with van der Waals surface area (Å²) in [6.07, 6.45) is -0.222. The first kappa shape index (κ1) is 16.9. The number of fused-ring (bicyclic) bond motifs is 2. The maximum Gasteiger partial charge on any atom is 0.248 e. The molecule has 1 atom stereocenters. The Bertz CT molecular complexity index is 991. The van der Waals surface area contributed by atoms with Gasteiger partial charge in [0.2, 0.25) is 17.7 Å². The predicted molar refractivity (Wildman–Crippen MR) is 95.9 cm³/mol. The second kappa shape index (κ2) is 5.74. The minimum absolute atomic E-state index is 0.0149. The predicted octanol–water partition coefficient (Wildman–Crippen LogP) is 2.73. The van der Waals surface area contributed by atoms with Crippen LogP contribution in [0, 0.1) is 12.7 Å². The SMILES string of the molecule is Cc1cccc2c1N(Cc1ccc(Br)cc1F)C(=O)C21CC(=O)NC1=O. The Kier molecular flexibility index (Phi) is 3.73. The molecule has 0 aromatic heterocycles. The van der Waals surface area contributed by atoms with Crippen LogP contribution in [-0.2, 0) is 26.3 Å². The van der Waals surface area contributed by atoms with Gasteiger partial charge < -0.3 is 4.90 Å². The zero-order chi connectivity index (χ0) is 18.6. The molecule has 1 saturated heterocycles. The van der Waals surface area contributed by atoms with E-state index in [1.165, 1.54) is 11.0 Å². The number of aryl methyl sites for hydroxylation is 1. The van der Waals surface area contributed by atoms with Crippen LogP contribution in [0.1, 0.15) is 23.1 Å². The lowest BCUT2D eigenvalue weighted by Crippen LogP contribution is -2.45. The molecule has 1 fully saturated rings. The molecule has 2 aromatic rings. The number of halogens is 2. The summed E-state index contributed by atoms with van der Waals surface area (Å²) in [6.45, 7) is 1.81. The topological polar surface area (TPSA) is 66.5 Å². The number of nitrogens with one attached hydrogen (secondary N) is 1. The molecule has 2 aliphatic heterocycles. The van der Waals surface area contributed by atoms with Crippen LogP contribution in [0.4, 0.5) is 10.1 Å². The van der Waals surface area contributed by atoms with Crippen molar-refractivity contribution in [1.29, 1.82) is 0 Å². The van der Waals surface area contributed by atoms with Gasteiger partial charge in [-0.15, -0.1) is 0 Å². The molecule has 1 unspecified atom stereocenters. The lowest BCUT2D eigenvalue weighted by atomic mass is 9.79. The van der Waals surface area contributed by atoms with E-state index < -0.39 is 29.0 Å². The Balaban J connectivity index is 1.86. The van der Waals surface area contributed by atoms with E-state index in [0.29, 0.717) is 21.3 Å². The van der Waals surface area contributed by atoms with Gasteiger partial charge in [0.1, 0.15) is 5.82 Å². The zero-order valence-corrected chi connectivity index (χ0v) is 15.4. The standard InChI is InChI=1S/C19H14BrFN2O3/c1-10-3-2-4-13-16(10)23(9-11-5-6-12(20)7-14(11)21)18(26)19(13)8-15(24)22-17(19)25/h2-7H,8-9H2,1H3,(H,22,24,25). The molecule has 1 spiro atoms. The van der Waals surface area contributed by atoms with Crippen LogP contribution >= 0.6 is 15.9 Å². The molecule has 7 heteroatoms. The molecule has 0 saturated carbocycles. The van der Waals surface area contributed by atoms with Gasteiger partial charge in [-0.2, -0.15) is 0 Å². The van der Waals surface area contributed by atoms with Crippen molar-refractivity contribution in [2.45, 2.75) is 25.3 Å². The third-order valence-electron chi connectivity index (χ3n) is 4.99. The second-order valence-electron chi connectivity index (χ2n) is 6.56. The van der Waals surface area contributed by atoms with Crippen molar-refractivity contribution in [3.05, 3.63) is 63.4 Å². The third kappa shape index (κ3) is 2.23. The molecule has 26 heavy (non-hydrogen) atoms. The van der Waals surface area contributed by atoms with Gasteiger partial charge in [0, 0.05) is 15.6 Å². The first-order valence-corrected chi connectivity index (χ1v) is 8.84. The molecule has 2 aliphatic rings. The lowest BCUT2D eigenvalue weighted by Gasteiger charge is -2.21. The first-order chi connectivity index (χ1) is 12.3. The molecule has 3 amide bonds. The summed E-state index contributed by atoms with van der Waals surface area (Å²) < 4.78 is 14.9. The Morgan fingerprint density at radius 3 is 2.65 bits per heavy atom. The minimum atomic E-state index is -1.55. The van der Waals surface area contributed by atoms with E-state index in [-0.39, 0.29) is 13.0 Å². The average molecular weight is 417 g/mol. The molecule has 1 N–H and O–H groups in total. The fourth-order valence-corrected chi connectivity index (χ4v) is 4.10. The van der Waals surface area contributed by atoms with Crippen LogP contribution in [0.25, 0.3) is 0 Å². The number of rotatable bonds is 2. The number of anilines is 1. The first-order valence-electron chi connectivity index (χ1n) is 8.05. The number of nitrogens with zero attached hydrogens (tertiary/aromatic N) is 1. The molecule has 4 rings (SSSR count). The van der Waals surface area contributed by atoms with Crippen LogP contribution in [0.2, 0.25) is 0 Å². The summed E-state index contributed by atoms with van der Waals surface area (Å²) in [7, 11) is 0. The van der Waals surface area contributed by atoms with Gasteiger partial charge in [0.05, 0.1) is 18.7 Å². The fourth-order valence-electron chi connectivity index (χ4n) is 3.77. The van der Waals surface area contributed by atoms with Gasteiger partial charge in [-0.25, -0.2) is 4.39 Å². The van der Waals surface area contributed by atoms with Crippen LogP contribution < -0.4 is 10.2 Å². The van der Waals surface area contributed by atoms with Gasteiger partial charge in [-0.1, -0.05) is 40.2 Å². The number of carbonyl (C=O) groups excluding carboxylic acids is 3. The molecule has 2 heterocycles. The number of hydrogen-bond donors (Lipinski definition) is 1. The van der Waals surface area contributed by atoms with Crippen LogP contribution in [0.15, 0.2) is 40.9 Å². The van der Waals surface area contributed by atoms with Gasteiger partial charge in [0.15, 0.2) is 5.41 Å². The number of carbonyl (C=O) groups is 3. The molecule has 132 valence electrons. The molecule has 0 aliphatic carbocycles. The third-order valence-corrected chi connectivity index (χ3v) is 5.48. The Hall–Kier alpha value is -2.54. The molecule has 0 radical (unpaired) electrons. The van der Waals surface area contributed by atoms with E-state index in [0.717, 1.165) is 5.56 Å². The smallest absolute Gasteiger partial charge is 0.248 e. The van der Waals surface area contributed by atoms with Gasteiger partial charge in [-0.3, -0.25) is 19.7 Å². The highest BCUT2D eigenvalue weighted by atomic mass is 79.9. The highest BCUT2D eigenvalue weighted by Crippen LogP contribution is 2.48. The highest BCUT2D eigenvalue weighted by molar-refractivity contribution is 9.10. The summed E-state index contributed by atoms with van der Waals surface area (Å²) in [5.41, 5.74) is 0.646. The monoisotopic (exact) mass is 416 g/mol. The second-order valence-corrected chi connectivity index (χ2v) is 7.47. The van der Waals surface area contributed by atoms with Crippen LogP contribution in [-0.4, -0.2) is 17.7 Å². The summed E-state index contributed by atoms with van der Waals surface area (Å²) >= 11 is 3.21. The summed E-state index contributed by atoms with van der Waals surface area (Å²) in [5.74, 6) is -2.03.